The van der Waals surface area contributed by atoms with Crippen molar-refractivity contribution in [3.05, 3.63) is 63.6 Å². The second-order valence-corrected chi connectivity index (χ2v) is 7.95. The summed E-state index contributed by atoms with van der Waals surface area (Å²) in [5.74, 6) is -0.284. The number of hydrogen-bond donors (Lipinski definition) is 1. The fraction of sp³-hybridized carbons (Fsp3) is 0.455. The van der Waals surface area contributed by atoms with Gasteiger partial charge < -0.3 is 9.80 Å². The minimum atomic E-state index is -0.401. The van der Waals surface area contributed by atoms with Crippen LogP contribution in [0.5, 0.6) is 0 Å². The first-order valence-electron chi connectivity index (χ1n) is 10.2. The third-order valence-electron chi connectivity index (χ3n) is 6.22. The van der Waals surface area contributed by atoms with Gasteiger partial charge in [0.15, 0.2) is 0 Å². The van der Waals surface area contributed by atoms with Gasteiger partial charge in [0.2, 0.25) is 11.3 Å². The van der Waals surface area contributed by atoms with Gasteiger partial charge in [-0.3, -0.25) is 19.5 Å². The van der Waals surface area contributed by atoms with Crippen LogP contribution in [0.15, 0.2) is 41.5 Å². The second-order valence-electron chi connectivity index (χ2n) is 7.95. The van der Waals surface area contributed by atoms with Crippen molar-refractivity contribution in [3.8, 4) is 0 Å². The average Bonchev–Trinajstić information content (AvgIpc) is 3.13. The Bertz CT molecular complexity index is 970. The molecule has 4 rings (SSSR count). The van der Waals surface area contributed by atoms with E-state index in [0.717, 1.165) is 37.4 Å². The summed E-state index contributed by atoms with van der Waals surface area (Å²) in [5, 5.41) is 6.19. The summed E-state index contributed by atoms with van der Waals surface area (Å²) in [6.45, 7) is 1.13. The second kappa shape index (κ2) is 8.19. The van der Waals surface area contributed by atoms with Crippen LogP contribution in [0.1, 0.15) is 53.1 Å². The molecule has 1 aliphatic carbocycles. The standard InChI is InChI=1S/C22H26N4O3/c1-25(21(28)19-12-23-24-13-20(19)27)16-10-11-26(14-16)22(29)18-9-5-3-7-15-6-2-4-8-17(15)18/h2,4,6,8,12-13,16,18H,3,5,7,9-11,14H2,1H3,(H,23,27). The molecule has 0 radical (unpaired) electrons. The number of nitrogens with zero attached hydrogens (tertiary/aromatic N) is 3. The average molecular weight is 394 g/mol. The van der Waals surface area contributed by atoms with Gasteiger partial charge >= 0.3 is 0 Å². The van der Waals surface area contributed by atoms with Crippen molar-refractivity contribution in [2.45, 2.75) is 44.1 Å². The highest BCUT2D eigenvalue weighted by atomic mass is 16.2. The molecule has 2 unspecified atom stereocenters. The number of hydrogen-bond acceptors (Lipinski definition) is 4. The fourth-order valence-electron chi connectivity index (χ4n) is 4.52. The Morgan fingerprint density at radius 3 is 2.86 bits per heavy atom. The molecule has 1 aromatic carbocycles. The Morgan fingerprint density at radius 1 is 1.21 bits per heavy atom. The predicted molar refractivity (Wildman–Crippen MR) is 109 cm³/mol. The molecule has 1 aromatic heterocycles. The Balaban J connectivity index is 1.47. The smallest absolute Gasteiger partial charge is 0.259 e. The van der Waals surface area contributed by atoms with Crippen LogP contribution in [0.3, 0.4) is 0 Å². The maximum absolute atomic E-state index is 13.3. The Kier molecular flexibility index (Phi) is 5.47. The van der Waals surface area contributed by atoms with Crippen molar-refractivity contribution in [3.63, 3.8) is 0 Å². The highest BCUT2D eigenvalue weighted by Crippen LogP contribution is 2.33. The summed E-state index contributed by atoms with van der Waals surface area (Å²) < 4.78 is 0. The Labute approximate surface area is 169 Å². The number of carbonyl (C=O) groups excluding carboxylic acids is 2. The molecule has 29 heavy (non-hydrogen) atoms. The highest BCUT2D eigenvalue weighted by Gasteiger charge is 2.36. The van der Waals surface area contributed by atoms with Crippen molar-refractivity contribution < 1.29 is 9.59 Å². The van der Waals surface area contributed by atoms with E-state index in [1.165, 1.54) is 11.8 Å². The number of rotatable bonds is 3. The van der Waals surface area contributed by atoms with E-state index in [9.17, 15) is 14.4 Å². The van der Waals surface area contributed by atoms with Gasteiger partial charge in [-0.25, -0.2) is 0 Å². The largest absolute Gasteiger partial charge is 0.340 e. The lowest BCUT2D eigenvalue weighted by atomic mass is 9.91. The van der Waals surface area contributed by atoms with E-state index in [2.05, 4.69) is 22.3 Å². The van der Waals surface area contributed by atoms with E-state index in [4.69, 9.17) is 0 Å². The number of nitrogens with one attached hydrogen (secondary N) is 1. The molecule has 2 amide bonds. The van der Waals surface area contributed by atoms with E-state index < -0.39 is 5.43 Å². The summed E-state index contributed by atoms with van der Waals surface area (Å²) >= 11 is 0. The third kappa shape index (κ3) is 3.81. The van der Waals surface area contributed by atoms with Gasteiger partial charge in [0, 0.05) is 26.3 Å². The van der Waals surface area contributed by atoms with Gasteiger partial charge in [-0.15, -0.1) is 0 Å². The number of likely N-dealkylation sites (N-methyl/N-ethyl adjacent to an activating group) is 1. The van der Waals surface area contributed by atoms with Gasteiger partial charge in [-0.2, -0.15) is 5.10 Å². The highest BCUT2D eigenvalue weighted by molar-refractivity contribution is 5.94. The molecule has 7 heteroatoms. The normalized spacial score (nSPS) is 21.3. The van der Waals surface area contributed by atoms with Gasteiger partial charge in [0.05, 0.1) is 18.2 Å². The summed E-state index contributed by atoms with van der Waals surface area (Å²) in [5.41, 5.74) is 2.11. The van der Waals surface area contributed by atoms with Crippen molar-refractivity contribution in [1.29, 1.82) is 0 Å². The van der Waals surface area contributed by atoms with Crippen LogP contribution >= 0.6 is 0 Å². The molecule has 2 aliphatic rings. The number of carbonyl (C=O) groups is 2. The van der Waals surface area contributed by atoms with Crippen molar-refractivity contribution in [2.24, 2.45) is 0 Å². The van der Waals surface area contributed by atoms with Crippen LogP contribution in [-0.2, 0) is 11.2 Å². The van der Waals surface area contributed by atoms with E-state index in [-0.39, 0.29) is 29.3 Å². The molecule has 2 heterocycles. The molecule has 2 atom stereocenters. The van der Waals surface area contributed by atoms with Gasteiger partial charge in [0.1, 0.15) is 5.56 Å². The van der Waals surface area contributed by atoms with Gasteiger partial charge in [-0.1, -0.05) is 30.7 Å². The molecular weight excluding hydrogens is 368 g/mol. The predicted octanol–water partition coefficient (Wildman–Crippen LogP) is 1.95. The third-order valence-corrected chi connectivity index (χ3v) is 6.22. The summed E-state index contributed by atoms with van der Waals surface area (Å²) in [4.78, 5) is 41.4. The number of likely N-dealkylation sites (tertiary alicyclic amines) is 1. The summed E-state index contributed by atoms with van der Waals surface area (Å²) in [6.07, 6.45) is 7.22. The first kappa shape index (κ1) is 19.4. The minimum Gasteiger partial charge on any atom is -0.340 e. The number of aryl methyl sites for hydroxylation is 1. The molecule has 152 valence electrons. The zero-order valence-electron chi connectivity index (χ0n) is 16.6. The number of aromatic amines is 1. The van der Waals surface area contributed by atoms with Crippen LogP contribution in [0.2, 0.25) is 0 Å². The monoisotopic (exact) mass is 394 g/mol. The van der Waals surface area contributed by atoms with E-state index in [1.54, 1.807) is 11.9 Å². The number of aromatic nitrogens is 2. The lowest BCUT2D eigenvalue weighted by Gasteiger charge is -2.27. The van der Waals surface area contributed by atoms with E-state index in [0.29, 0.717) is 19.5 Å². The summed E-state index contributed by atoms with van der Waals surface area (Å²) in [6, 6.07) is 8.17. The first-order chi connectivity index (χ1) is 14.1. The maximum Gasteiger partial charge on any atom is 0.259 e. The zero-order valence-corrected chi connectivity index (χ0v) is 16.6. The molecule has 0 saturated carbocycles. The molecule has 1 fully saturated rings. The molecule has 1 N–H and O–H groups in total. The van der Waals surface area contributed by atoms with Crippen molar-refractivity contribution >= 4 is 11.8 Å². The number of H-pyrrole nitrogens is 1. The topological polar surface area (TPSA) is 86.4 Å². The maximum atomic E-state index is 13.3. The summed E-state index contributed by atoms with van der Waals surface area (Å²) in [7, 11) is 1.70. The number of fused-ring (bicyclic) bond motifs is 1. The fourth-order valence-corrected chi connectivity index (χ4v) is 4.52. The number of benzene rings is 1. The first-order valence-corrected chi connectivity index (χ1v) is 10.2. The minimum absolute atomic E-state index is 0.0740. The van der Waals surface area contributed by atoms with E-state index in [1.807, 2.05) is 17.0 Å². The van der Waals surface area contributed by atoms with Crippen LogP contribution < -0.4 is 5.43 Å². The Hall–Kier alpha value is -2.96. The Morgan fingerprint density at radius 2 is 2.03 bits per heavy atom. The quantitative estimate of drug-likeness (QED) is 0.807. The molecule has 0 bridgehead atoms. The molecule has 0 spiro atoms. The lowest BCUT2D eigenvalue weighted by Crippen LogP contribution is -2.42. The van der Waals surface area contributed by atoms with Crippen molar-refractivity contribution in [1.82, 2.24) is 20.0 Å². The van der Waals surface area contributed by atoms with Crippen LogP contribution in [0.4, 0.5) is 0 Å². The number of amides is 2. The molecule has 7 nitrogen and oxygen atoms in total. The van der Waals surface area contributed by atoms with Gasteiger partial charge in [0.25, 0.3) is 5.91 Å². The van der Waals surface area contributed by atoms with E-state index >= 15 is 0 Å². The van der Waals surface area contributed by atoms with Crippen molar-refractivity contribution in [2.75, 3.05) is 20.1 Å². The van der Waals surface area contributed by atoms with Gasteiger partial charge in [-0.05, 0) is 36.8 Å². The van der Waals surface area contributed by atoms with Crippen LogP contribution in [-0.4, -0.2) is 58.0 Å². The zero-order chi connectivity index (χ0) is 20.4. The van der Waals surface area contributed by atoms with Crippen LogP contribution in [0, 0.1) is 0 Å². The SMILES string of the molecule is CN(C(=O)c1c[nH]ncc1=O)C1CCN(C(=O)C2CCCCc3ccccc32)C1. The molecule has 2 aromatic rings. The molecular formula is C22H26N4O3. The molecule has 1 aliphatic heterocycles. The van der Waals surface area contributed by atoms with Crippen LogP contribution in [0.25, 0.3) is 0 Å². The molecule has 1 saturated heterocycles. The lowest BCUT2D eigenvalue weighted by molar-refractivity contribution is -0.132.